The first kappa shape index (κ1) is 14.4. The van der Waals surface area contributed by atoms with Gasteiger partial charge in [0.25, 0.3) is 0 Å². The Labute approximate surface area is 123 Å². The van der Waals surface area contributed by atoms with Gasteiger partial charge in [-0.1, -0.05) is 47.0 Å². The standard InChI is InChI=1S/C16H16Cl2O/c1-9-7-10(2)14(11(3)8-9)16(19)15-12(17)5-4-6-13(15)18/h4-8,16,19H,1-3H3. The topological polar surface area (TPSA) is 20.2 Å². The van der Waals surface area contributed by atoms with E-state index >= 15 is 0 Å². The van der Waals surface area contributed by atoms with Gasteiger partial charge in [0.05, 0.1) is 0 Å². The van der Waals surface area contributed by atoms with Gasteiger partial charge in [-0.25, -0.2) is 0 Å². The maximum Gasteiger partial charge on any atom is 0.107 e. The van der Waals surface area contributed by atoms with Crippen molar-refractivity contribution in [3.05, 3.63) is 68.2 Å². The maximum atomic E-state index is 10.6. The van der Waals surface area contributed by atoms with Gasteiger partial charge in [0.1, 0.15) is 6.10 Å². The van der Waals surface area contributed by atoms with Crippen molar-refractivity contribution in [2.45, 2.75) is 26.9 Å². The Morgan fingerprint density at radius 1 is 0.895 bits per heavy atom. The Hall–Kier alpha value is -1.02. The van der Waals surface area contributed by atoms with Crippen LogP contribution in [0.1, 0.15) is 33.9 Å². The van der Waals surface area contributed by atoms with Gasteiger partial charge < -0.3 is 5.11 Å². The van der Waals surface area contributed by atoms with Crippen LogP contribution in [0, 0.1) is 20.8 Å². The largest absolute Gasteiger partial charge is 0.384 e. The highest BCUT2D eigenvalue weighted by atomic mass is 35.5. The Balaban J connectivity index is 2.60. The molecule has 0 saturated carbocycles. The first-order valence-corrected chi connectivity index (χ1v) is 6.87. The second-order valence-electron chi connectivity index (χ2n) is 4.85. The first-order chi connectivity index (χ1) is 8.91. The first-order valence-electron chi connectivity index (χ1n) is 6.11. The molecule has 0 fully saturated rings. The lowest BCUT2D eigenvalue weighted by Crippen LogP contribution is -2.06. The number of rotatable bonds is 2. The van der Waals surface area contributed by atoms with E-state index in [-0.39, 0.29) is 0 Å². The SMILES string of the molecule is Cc1cc(C)c(C(O)c2c(Cl)cccc2Cl)c(C)c1. The van der Waals surface area contributed by atoms with Crippen LogP contribution in [0.25, 0.3) is 0 Å². The van der Waals surface area contributed by atoms with E-state index in [9.17, 15) is 5.11 Å². The smallest absolute Gasteiger partial charge is 0.107 e. The summed E-state index contributed by atoms with van der Waals surface area (Å²) < 4.78 is 0. The third-order valence-corrected chi connectivity index (χ3v) is 3.94. The molecular weight excluding hydrogens is 279 g/mol. The number of aliphatic hydroxyl groups is 1. The number of hydrogen-bond donors (Lipinski definition) is 1. The summed E-state index contributed by atoms with van der Waals surface area (Å²) in [7, 11) is 0. The molecule has 0 aromatic heterocycles. The van der Waals surface area contributed by atoms with Crippen molar-refractivity contribution in [3.8, 4) is 0 Å². The van der Waals surface area contributed by atoms with Crippen LogP contribution in [0.2, 0.25) is 10.0 Å². The van der Waals surface area contributed by atoms with E-state index in [4.69, 9.17) is 23.2 Å². The second-order valence-corrected chi connectivity index (χ2v) is 5.66. The Kier molecular flexibility index (Phi) is 4.19. The van der Waals surface area contributed by atoms with E-state index in [0.29, 0.717) is 15.6 Å². The molecule has 0 aliphatic rings. The third kappa shape index (κ3) is 2.79. The minimum Gasteiger partial charge on any atom is -0.384 e. The van der Waals surface area contributed by atoms with Crippen LogP contribution in [0.4, 0.5) is 0 Å². The molecule has 0 aliphatic heterocycles. The van der Waals surface area contributed by atoms with Gasteiger partial charge in [0, 0.05) is 15.6 Å². The number of aliphatic hydroxyl groups excluding tert-OH is 1. The molecule has 100 valence electrons. The molecule has 3 heteroatoms. The Bertz CT molecular complexity index is 577. The monoisotopic (exact) mass is 294 g/mol. The molecule has 0 spiro atoms. The summed E-state index contributed by atoms with van der Waals surface area (Å²) >= 11 is 12.3. The minimum absolute atomic E-state index is 0.486. The number of halogens is 2. The van der Waals surface area contributed by atoms with E-state index in [0.717, 1.165) is 16.7 Å². The van der Waals surface area contributed by atoms with Crippen molar-refractivity contribution in [3.63, 3.8) is 0 Å². The van der Waals surface area contributed by atoms with Crippen LogP contribution in [-0.4, -0.2) is 5.11 Å². The van der Waals surface area contributed by atoms with Crippen molar-refractivity contribution in [2.24, 2.45) is 0 Å². The highest BCUT2D eigenvalue weighted by Crippen LogP contribution is 2.36. The fourth-order valence-corrected chi connectivity index (χ4v) is 3.14. The molecule has 0 saturated heterocycles. The molecule has 0 radical (unpaired) electrons. The third-order valence-electron chi connectivity index (χ3n) is 3.28. The molecule has 2 rings (SSSR count). The number of hydrogen-bond acceptors (Lipinski definition) is 1. The lowest BCUT2D eigenvalue weighted by molar-refractivity contribution is 0.219. The molecule has 1 N–H and O–H groups in total. The van der Waals surface area contributed by atoms with E-state index in [2.05, 4.69) is 12.1 Å². The molecule has 1 atom stereocenters. The van der Waals surface area contributed by atoms with Crippen LogP contribution in [0.3, 0.4) is 0 Å². The van der Waals surface area contributed by atoms with Gasteiger partial charge >= 0.3 is 0 Å². The predicted octanol–water partition coefficient (Wildman–Crippen LogP) is 5.00. The predicted molar refractivity (Wildman–Crippen MR) is 81.2 cm³/mol. The van der Waals surface area contributed by atoms with Gasteiger partial charge in [-0.3, -0.25) is 0 Å². The van der Waals surface area contributed by atoms with Crippen LogP contribution < -0.4 is 0 Å². The van der Waals surface area contributed by atoms with Crippen LogP contribution in [0.15, 0.2) is 30.3 Å². The van der Waals surface area contributed by atoms with E-state index in [1.807, 2.05) is 20.8 Å². The summed E-state index contributed by atoms with van der Waals surface area (Å²) in [6.45, 7) is 6.02. The van der Waals surface area contributed by atoms with Crippen molar-refractivity contribution in [1.29, 1.82) is 0 Å². The normalized spacial score (nSPS) is 12.5. The van der Waals surface area contributed by atoms with Crippen LogP contribution in [0.5, 0.6) is 0 Å². The zero-order valence-corrected chi connectivity index (χ0v) is 12.7. The average molecular weight is 295 g/mol. The molecular formula is C16H16Cl2O. The molecule has 2 aromatic rings. The minimum atomic E-state index is -0.804. The molecule has 0 aliphatic carbocycles. The Morgan fingerprint density at radius 2 is 1.37 bits per heavy atom. The lowest BCUT2D eigenvalue weighted by Gasteiger charge is -2.20. The van der Waals surface area contributed by atoms with Crippen LogP contribution in [-0.2, 0) is 0 Å². The van der Waals surface area contributed by atoms with Gasteiger partial charge in [0.2, 0.25) is 0 Å². The second kappa shape index (κ2) is 5.54. The average Bonchev–Trinajstić information content (AvgIpc) is 2.26. The van der Waals surface area contributed by atoms with E-state index in [1.54, 1.807) is 18.2 Å². The summed E-state index contributed by atoms with van der Waals surface area (Å²) in [6, 6.07) is 9.36. The zero-order chi connectivity index (χ0) is 14.2. The highest BCUT2D eigenvalue weighted by Gasteiger charge is 2.20. The van der Waals surface area contributed by atoms with E-state index < -0.39 is 6.10 Å². The fourth-order valence-electron chi connectivity index (χ4n) is 2.54. The molecule has 2 aromatic carbocycles. The van der Waals surface area contributed by atoms with Crippen molar-refractivity contribution >= 4 is 23.2 Å². The molecule has 0 heterocycles. The summed E-state index contributed by atoms with van der Waals surface area (Å²) in [4.78, 5) is 0. The summed E-state index contributed by atoms with van der Waals surface area (Å²) in [6.07, 6.45) is -0.804. The van der Waals surface area contributed by atoms with Crippen LogP contribution >= 0.6 is 23.2 Å². The van der Waals surface area contributed by atoms with Crippen molar-refractivity contribution < 1.29 is 5.11 Å². The molecule has 19 heavy (non-hydrogen) atoms. The summed E-state index contributed by atoms with van der Waals surface area (Å²) in [5.41, 5.74) is 4.71. The molecule has 1 unspecified atom stereocenters. The van der Waals surface area contributed by atoms with Crippen molar-refractivity contribution in [2.75, 3.05) is 0 Å². The fraction of sp³-hybridized carbons (Fsp3) is 0.250. The quantitative estimate of drug-likeness (QED) is 0.826. The zero-order valence-electron chi connectivity index (χ0n) is 11.2. The Morgan fingerprint density at radius 3 is 1.84 bits per heavy atom. The molecule has 1 nitrogen and oxygen atoms in total. The molecule has 0 amide bonds. The van der Waals surface area contributed by atoms with E-state index in [1.165, 1.54) is 5.56 Å². The lowest BCUT2D eigenvalue weighted by atomic mass is 9.92. The van der Waals surface area contributed by atoms with Gasteiger partial charge in [-0.15, -0.1) is 0 Å². The van der Waals surface area contributed by atoms with Crippen molar-refractivity contribution in [1.82, 2.24) is 0 Å². The highest BCUT2D eigenvalue weighted by molar-refractivity contribution is 6.36. The van der Waals surface area contributed by atoms with Gasteiger partial charge in [-0.2, -0.15) is 0 Å². The summed E-state index contributed by atoms with van der Waals surface area (Å²) in [5, 5.41) is 11.6. The number of aryl methyl sites for hydroxylation is 3. The van der Waals surface area contributed by atoms with Gasteiger partial charge in [-0.05, 0) is 49.6 Å². The summed E-state index contributed by atoms with van der Waals surface area (Å²) in [5.74, 6) is 0. The van der Waals surface area contributed by atoms with Gasteiger partial charge in [0.15, 0.2) is 0 Å². The number of benzene rings is 2. The maximum absolute atomic E-state index is 10.6. The molecule has 0 bridgehead atoms.